The van der Waals surface area contributed by atoms with Crippen molar-refractivity contribution in [3.8, 4) is 22.3 Å². The molecule has 0 saturated heterocycles. The first kappa shape index (κ1) is 23.0. The molecule has 0 fully saturated rings. The standard InChI is InChI=1S/C23H24FNOS.C2H6/c1-13-5-6-14(2)22(19-9-10-27-23(19)16(4)26)21(13)17-7-8-18(15(3)12-25)20(24)11-17;1-2/h5-11,15H,12,25H2,1-4H3;1-2H3. The van der Waals surface area contributed by atoms with Gasteiger partial charge in [0.15, 0.2) is 5.78 Å². The normalized spacial score (nSPS) is 11.6. The van der Waals surface area contributed by atoms with Gasteiger partial charge in [0.1, 0.15) is 5.82 Å². The first-order valence-electron chi connectivity index (χ1n) is 10.0. The van der Waals surface area contributed by atoms with Crippen LogP contribution in [0, 0.1) is 19.7 Å². The zero-order valence-electron chi connectivity index (χ0n) is 18.1. The number of hydrogen-bond donors (Lipinski definition) is 1. The third-order valence-electron chi connectivity index (χ3n) is 5.05. The second kappa shape index (κ2) is 9.95. The van der Waals surface area contributed by atoms with Crippen molar-refractivity contribution in [2.24, 2.45) is 5.73 Å². The second-order valence-electron chi connectivity index (χ2n) is 7.04. The summed E-state index contributed by atoms with van der Waals surface area (Å²) in [5.74, 6) is -0.224. The van der Waals surface area contributed by atoms with Crippen molar-refractivity contribution in [3.63, 3.8) is 0 Å². The van der Waals surface area contributed by atoms with E-state index < -0.39 is 0 Å². The molecule has 2 N–H and O–H groups in total. The number of halogens is 1. The first-order valence-corrected chi connectivity index (χ1v) is 10.9. The highest BCUT2D eigenvalue weighted by molar-refractivity contribution is 7.12. The molecule has 2 aromatic carbocycles. The molecule has 2 nitrogen and oxygen atoms in total. The van der Waals surface area contributed by atoms with Crippen LogP contribution >= 0.6 is 11.3 Å². The van der Waals surface area contributed by atoms with Gasteiger partial charge >= 0.3 is 0 Å². The summed E-state index contributed by atoms with van der Waals surface area (Å²) in [7, 11) is 0. The summed E-state index contributed by atoms with van der Waals surface area (Å²) in [5.41, 5.74) is 12.2. The number of nitrogens with two attached hydrogens (primary N) is 1. The molecule has 1 unspecified atom stereocenters. The van der Waals surface area contributed by atoms with E-state index in [2.05, 4.69) is 6.07 Å². The van der Waals surface area contributed by atoms with Crippen molar-refractivity contribution in [1.29, 1.82) is 0 Å². The van der Waals surface area contributed by atoms with E-state index in [0.29, 0.717) is 12.1 Å². The Kier molecular flexibility index (Phi) is 7.88. The number of carbonyl (C=O) groups is 1. The fourth-order valence-electron chi connectivity index (χ4n) is 3.52. The topological polar surface area (TPSA) is 43.1 Å². The molecule has 3 aromatic rings. The quantitative estimate of drug-likeness (QED) is 0.454. The minimum Gasteiger partial charge on any atom is -0.330 e. The molecule has 0 aliphatic carbocycles. The summed E-state index contributed by atoms with van der Waals surface area (Å²) < 4.78 is 14.8. The largest absolute Gasteiger partial charge is 0.330 e. The van der Waals surface area contributed by atoms with Crippen LogP contribution in [0.2, 0.25) is 0 Å². The summed E-state index contributed by atoms with van der Waals surface area (Å²) in [6, 6.07) is 11.4. The smallest absolute Gasteiger partial charge is 0.170 e. The predicted molar refractivity (Wildman–Crippen MR) is 123 cm³/mol. The van der Waals surface area contributed by atoms with Crippen molar-refractivity contribution in [2.75, 3.05) is 6.54 Å². The number of ketones is 1. The van der Waals surface area contributed by atoms with Gasteiger partial charge in [0, 0.05) is 5.56 Å². The Labute approximate surface area is 177 Å². The van der Waals surface area contributed by atoms with Gasteiger partial charge in [0.25, 0.3) is 0 Å². The maximum Gasteiger partial charge on any atom is 0.170 e. The molecule has 0 aliphatic rings. The van der Waals surface area contributed by atoms with Crippen molar-refractivity contribution in [2.45, 2.75) is 47.5 Å². The highest BCUT2D eigenvalue weighted by Crippen LogP contribution is 2.41. The molecule has 0 spiro atoms. The number of benzene rings is 2. The average Bonchev–Trinajstić information content (AvgIpc) is 3.20. The van der Waals surface area contributed by atoms with Crippen molar-refractivity contribution in [3.05, 3.63) is 69.2 Å². The van der Waals surface area contributed by atoms with E-state index in [0.717, 1.165) is 38.3 Å². The molecule has 29 heavy (non-hydrogen) atoms. The predicted octanol–water partition coefficient (Wildman–Crippen LogP) is 7.13. The van der Waals surface area contributed by atoms with Gasteiger partial charge in [-0.2, -0.15) is 0 Å². The summed E-state index contributed by atoms with van der Waals surface area (Å²) in [6.07, 6.45) is 0. The first-order chi connectivity index (χ1) is 13.8. The van der Waals surface area contributed by atoms with Gasteiger partial charge in [0.05, 0.1) is 4.88 Å². The molecular weight excluding hydrogens is 381 g/mol. The Morgan fingerprint density at radius 2 is 1.69 bits per heavy atom. The lowest BCUT2D eigenvalue weighted by molar-refractivity contribution is 0.102. The van der Waals surface area contributed by atoms with E-state index in [1.165, 1.54) is 11.3 Å². The molecule has 154 valence electrons. The van der Waals surface area contributed by atoms with Gasteiger partial charge < -0.3 is 5.73 Å². The molecule has 1 aromatic heterocycles. The summed E-state index contributed by atoms with van der Waals surface area (Å²) >= 11 is 1.45. The molecule has 4 heteroatoms. The van der Waals surface area contributed by atoms with E-state index in [9.17, 15) is 9.18 Å². The summed E-state index contributed by atoms with van der Waals surface area (Å²) in [5, 5.41) is 1.93. The molecule has 1 heterocycles. The number of rotatable bonds is 5. The number of carbonyl (C=O) groups excluding carboxylic acids is 1. The maximum absolute atomic E-state index is 14.8. The SMILES string of the molecule is CC.CC(=O)c1sccc1-c1c(C)ccc(C)c1-c1ccc(C(C)CN)c(F)c1. The van der Waals surface area contributed by atoms with E-state index in [1.807, 2.05) is 64.3 Å². The van der Waals surface area contributed by atoms with E-state index in [-0.39, 0.29) is 17.5 Å². The highest BCUT2D eigenvalue weighted by Gasteiger charge is 2.20. The maximum atomic E-state index is 14.8. The monoisotopic (exact) mass is 411 g/mol. The average molecular weight is 412 g/mol. The van der Waals surface area contributed by atoms with Gasteiger partial charge in [0.2, 0.25) is 0 Å². The molecule has 0 saturated carbocycles. The lowest BCUT2D eigenvalue weighted by Crippen LogP contribution is -2.10. The third-order valence-corrected chi connectivity index (χ3v) is 6.07. The van der Waals surface area contributed by atoms with Crippen molar-refractivity contribution in [1.82, 2.24) is 0 Å². The molecule has 0 aliphatic heterocycles. The minimum absolute atomic E-state index is 0.0293. The second-order valence-corrected chi connectivity index (χ2v) is 7.96. The zero-order valence-corrected chi connectivity index (χ0v) is 18.9. The Morgan fingerprint density at radius 1 is 1.07 bits per heavy atom. The Morgan fingerprint density at radius 3 is 2.24 bits per heavy atom. The number of hydrogen-bond acceptors (Lipinski definition) is 3. The Balaban J connectivity index is 0.00000145. The number of thiophene rings is 1. The van der Waals surface area contributed by atoms with Crippen LogP contribution in [0.4, 0.5) is 4.39 Å². The fourth-order valence-corrected chi connectivity index (χ4v) is 4.32. The molecule has 0 bridgehead atoms. The minimum atomic E-state index is -0.241. The summed E-state index contributed by atoms with van der Waals surface area (Å²) in [4.78, 5) is 12.8. The lowest BCUT2D eigenvalue weighted by atomic mass is 9.86. The molecule has 3 rings (SSSR count). The lowest BCUT2D eigenvalue weighted by Gasteiger charge is -2.18. The van der Waals surface area contributed by atoms with E-state index >= 15 is 0 Å². The van der Waals surface area contributed by atoms with Gasteiger partial charge in [-0.25, -0.2) is 4.39 Å². The third kappa shape index (κ3) is 4.65. The summed E-state index contributed by atoms with van der Waals surface area (Å²) in [6.45, 7) is 12.0. The molecule has 1 atom stereocenters. The van der Waals surface area contributed by atoms with Crippen molar-refractivity contribution >= 4 is 17.1 Å². The van der Waals surface area contributed by atoms with Gasteiger partial charge in [-0.05, 0) is 84.1 Å². The van der Waals surface area contributed by atoms with Crippen LogP contribution in [0.25, 0.3) is 22.3 Å². The van der Waals surface area contributed by atoms with Crippen LogP contribution < -0.4 is 5.73 Å². The fraction of sp³-hybridized carbons (Fsp3) is 0.320. The Bertz CT molecular complexity index is 1010. The zero-order chi connectivity index (χ0) is 21.7. The molecule has 0 radical (unpaired) electrons. The van der Waals surface area contributed by atoms with Crippen LogP contribution in [0.3, 0.4) is 0 Å². The van der Waals surface area contributed by atoms with E-state index in [1.54, 1.807) is 13.0 Å². The molecular formula is C25H30FNOS. The number of Topliss-reactive ketones (excluding diaryl/α,β-unsaturated/α-hetero) is 1. The van der Waals surface area contributed by atoms with Gasteiger partial charge in [-0.3, -0.25) is 4.79 Å². The van der Waals surface area contributed by atoms with Crippen LogP contribution in [-0.2, 0) is 0 Å². The molecule has 0 amide bonds. The van der Waals surface area contributed by atoms with Crippen molar-refractivity contribution < 1.29 is 9.18 Å². The van der Waals surface area contributed by atoms with Gasteiger partial charge in [-0.15, -0.1) is 11.3 Å². The van der Waals surface area contributed by atoms with Crippen LogP contribution in [0.15, 0.2) is 41.8 Å². The van der Waals surface area contributed by atoms with Crippen LogP contribution in [0.1, 0.15) is 60.0 Å². The van der Waals surface area contributed by atoms with Crippen LogP contribution in [0.5, 0.6) is 0 Å². The van der Waals surface area contributed by atoms with Gasteiger partial charge in [-0.1, -0.05) is 45.0 Å². The Hall–Kier alpha value is -2.30. The highest BCUT2D eigenvalue weighted by atomic mass is 32.1. The van der Waals surface area contributed by atoms with Crippen LogP contribution in [-0.4, -0.2) is 12.3 Å². The van der Waals surface area contributed by atoms with E-state index in [4.69, 9.17) is 5.73 Å². The number of aryl methyl sites for hydroxylation is 2.